The molecule has 3 aliphatic carbocycles. The van der Waals surface area contributed by atoms with Gasteiger partial charge in [0.1, 0.15) is 6.10 Å². The molecule has 4 rings (SSSR count). The van der Waals surface area contributed by atoms with Gasteiger partial charge in [0.05, 0.1) is 0 Å². The number of esters is 1. The van der Waals surface area contributed by atoms with Crippen LogP contribution in [0.25, 0.3) is 0 Å². The minimum atomic E-state index is -0.227. The lowest BCUT2D eigenvalue weighted by molar-refractivity contribution is -0.143. The molecule has 0 amide bonds. The first kappa shape index (κ1) is 12.1. The van der Waals surface area contributed by atoms with Crippen LogP contribution in [0.1, 0.15) is 54.9 Å². The summed E-state index contributed by atoms with van der Waals surface area (Å²) in [6.45, 7) is 1.47. The van der Waals surface area contributed by atoms with E-state index in [2.05, 4.69) is 6.07 Å². The van der Waals surface area contributed by atoms with E-state index in [1.807, 2.05) is 18.2 Å². The third-order valence-electron chi connectivity index (χ3n) is 5.67. The highest BCUT2D eigenvalue weighted by molar-refractivity contribution is 6.01. The third-order valence-corrected chi connectivity index (χ3v) is 5.67. The van der Waals surface area contributed by atoms with Crippen molar-refractivity contribution in [2.24, 2.45) is 5.41 Å². The Labute approximate surface area is 118 Å². The van der Waals surface area contributed by atoms with E-state index in [9.17, 15) is 9.59 Å². The average molecular weight is 270 g/mol. The summed E-state index contributed by atoms with van der Waals surface area (Å²) in [7, 11) is 0. The Morgan fingerprint density at radius 3 is 2.80 bits per heavy atom. The molecular formula is C17H18O3. The summed E-state index contributed by atoms with van der Waals surface area (Å²) < 4.78 is 5.65. The molecule has 0 spiro atoms. The smallest absolute Gasteiger partial charge is 0.302 e. The van der Waals surface area contributed by atoms with E-state index >= 15 is 0 Å². The fraction of sp³-hybridized carbons (Fsp3) is 0.529. The Morgan fingerprint density at radius 2 is 2.00 bits per heavy atom. The van der Waals surface area contributed by atoms with Gasteiger partial charge in [0.2, 0.25) is 0 Å². The van der Waals surface area contributed by atoms with E-state index in [4.69, 9.17) is 4.74 Å². The molecule has 2 saturated carbocycles. The van der Waals surface area contributed by atoms with Crippen molar-refractivity contribution in [1.29, 1.82) is 0 Å². The highest BCUT2D eigenvalue weighted by Crippen LogP contribution is 2.76. The Bertz CT molecular complexity index is 620. The van der Waals surface area contributed by atoms with Crippen molar-refractivity contribution in [1.82, 2.24) is 0 Å². The Morgan fingerprint density at radius 1 is 1.25 bits per heavy atom. The summed E-state index contributed by atoms with van der Waals surface area (Å²) >= 11 is 0. The van der Waals surface area contributed by atoms with E-state index in [-0.39, 0.29) is 28.7 Å². The fourth-order valence-corrected chi connectivity index (χ4v) is 4.96. The lowest BCUT2D eigenvalue weighted by atomic mass is 9.68. The summed E-state index contributed by atoms with van der Waals surface area (Å²) in [5.41, 5.74) is 1.78. The third kappa shape index (κ3) is 1.22. The lowest BCUT2D eigenvalue weighted by Crippen LogP contribution is -2.31. The molecule has 0 heterocycles. The van der Waals surface area contributed by atoms with E-state index in [0.717, 1.165) is 36.8 Å². The maximum Gasteiger partial charge on any atom is 0.302 e. The largest absolute Gasteiger partial charge is 0.461 e. The molecular weight excluding hydrogens is 252 g/mol. The van der Waals surface area contributed by atoms with Gasteiger partial charge in [-0.2, -0.15) is 0 Å². The maximum atomic E-state index is 12.5. The molecule has 1 aromatic rings. The molecule has 0 saturated heterocycles. The van der Waals surface area contributed by atoms with Crippen molar-refractivity contribution < 1.29 is 14.3 Å². The monoisotopic (exact) mass is 270 g/mol. The van der Waals surface area contributed by atoms with Gasteiger partial charge in [-0.15, -0.1) is 0 Å². The van der Waals surface area contributed by atoms with E-state index < -0.39 is 0 Å². The van der Waals surface area contributed by atoms with Crippen molar-refractivity contribution in [2.45, 2.75) is 50.5 Å². The summed E-state index contributed by atoms with van der Waals surface area (Å²) in [5.74, 6) is -0.0113. The Kier molecular flexibility index (Phi) is 2.25. The molecule has 3 unspecified atom stereocenters. The minimum Gasteiger partial charge on any atom is -0.461 e. The number of rotatable bonds is 1. The van der Waals surface area contributed by atoms with Crippen LogP contribution in [-0.2, 0) is 14.9 Å². The zero-order valence-electron chi connectivity index (χ0n) is 11.6. The molecule has 3 atom stereocenters. The van der Waals surface area contributed by atoms with Gasteiger partial charge in [0.25, 0.3) is 0 Å². The molecule has 0 aromatic heterocycles. The summed E-state index contributed by atoms with van der Waals surface area (Å²) in [6.07, 6.45) is 4.78. The van der Waals surface area contributed by atoms with Crippen LogP contribution in [0.4, 0.5) is 0 Å². The number of fused-ring (bicyclic) bond motifs is 1. The predicted molar refractivity (Wildman–Crippen MR) is 73.5 cm³/mol. The van der Waals surface area contributed by atoms with Crippen LogP contribution >= 0.6 is 0 Å². The van der Waals surface area contributed by atoms with Gasteiger partial charge in [-0.1, -0.05) is 37.1 Å². The van der Waals surface area contributed by atoms with Crippen LogP contribution < -0.4 is 0 Å². The number of ether oxygens (including phenoxy) is 1. The Balaban J connectivity index is 1.89. The number of Topliss-reactive ketones (excluding diaryl/α,β-unsaturated/α-hetero) is 1. The van der Waals surface area contributed by atoms with E-state index in [0.29, 0.717) is 6.42 Å². The van der Waals surface area contributed by atoms with Crippen LogP contribution in [-0.4, -0.2) is 17.9 Å². The molecule has 104 valence electrons. The SMILES string of the molecule is CC(=O)OC1C23CCCCC12c1ccccc1C(=O)C3. The molecule has 20 heavy (non-hydrogen) atoms. The average Bonchev–Trinajstić information content (AvgIpc) is 3.02. The van der Waals surface area contributed by atoms with Crippen LogP contribution in [0, 0.1) is 5.41 Å². The second-order valence-electron chi connectivity index (χ2n) is 6.47. The molecule has 0 radical (unpaired) electrons. The van der Waals surface area contributed by atoms with Gasteiger partial charge in [0.15, 0.2) is 5.78 Å². The van der Waals surface area contributed by atoms with Crippen molar-refractivity contribution >= 4 is 11.8 Å². The van der Waals surface area contributed by atoms with Gasteiger partial charge >= 0.3 is 5.97 Å². The standard InChI is InChI=1S/C17H18O3/c1-11(18)20-15-16-8-4-5-9-17(15,16)13-7-3-2-6-12(13)14(19)10-16/h2-3,6-7,15H,4-5,8-10H2,1H3. The number of carbonyl (C=O) groups excluding carboxylic acids is 2. The van der Waals surface area contributed by atoms with E-state index in [1.54, 1.807) is 0 Å². The summed E-state index contributed by atoms with van der Waals surface area (Å²) in [5, 5.41) is 0. The molecule has 1 aromatic carbocycles. The Hall–Kier alpha value is -1.64. The number of hydrogen-bond acceptors (Lipinski definition) is 3. The summed E-state index contributed by atoms with van der Waals surface area (Å²) in [4.78, 5) is 23.9. The normalized spacial score (nSPS) is 37.5. The van der Waals surface area contributed by atoms with Crippen molar-refractivity contribution in [3.8, 4) is 0 Å². The minimum absolute atomic E-state index is 0.0819. The van der Waals surface area contributed by atoms with Gasteiger partial charge in [-0.3, -0.25) is 9.59 Å². The maximum absolute atomic E-state index is 12.5. The molecule has 3 aliphatic rings. The molecule has 0 bridgehead atoms. The highest BCUT2D eigenvalue weighted by Gasteiger charge is 2.81. The first-order valence-electron chi connectivity index (χ1n) is 7.42. The first-order valence-corrected chi connectivity index (χ1v) is 7.42. The molecule has 3 heteroatoms. The van der Waals surface area contributed by atoms with Gasteiger partial charge in [-0.05, 0) is 18.4 Å². The van der Waals surface area contributed by atoms with Crippen molar-refractivity contribution in [3.05, 3.63) is 35.4 Å². The van der Waals surface area contributed by atoms with Crippen LogP contribution in [0.3, 0.4) is 0 Å². The molecule has 0 aliphatic heterocycles. The van der Waals surface area contributed by atoms with Crippen LogP contribution in [0.5, 0.6) is 0 Å². The molecule has 0 N–H and O–H groups in total. The van der Waals surface area contributed by atoms with Crippen LogP contribution in [0.2, 0.25) is 0 Å². The molecule has 2 fully saturated rings. The number of ketones is 1. The lowest BCUT2D eigenvalue weighted by Gasteiger charge is -2.33. The quantitative estimate of drug-likeness (QED) is 0.737. The predicted octanol–water partition coefficient (Wildman–Crippen LogP) is 3.02. The zero-order chi connectivity index (χ0) is 14.0. The number of carbonyl (C=O) groups is 2. The van der Waals surface area contributed by atoms with Crippen molar-refractivity contribution in [3.63, 3.8) is 0 Å². The molecule has 3 nitrogen and oxygen atoms in total. The topological polar surface area (TPSA) is 43.4 Å². The van der Waals surface area contributed by atoms with E-state index in [1.165, 1.54) is 6.92 Å². The second kappa shape index (κ2) is 3.72. The van der Waals surface area contributed by atoms with Gasteiger partial charge < -0.3 is 4.74 Å². The summed E-state index contributed by atoms with van der Waals surface area (Å²) in [6, 6.07) is 7.91. The number of benzene rings is 1. The highest BCUT2D eigenvalue weighted by atomic mass is 16.6. The number of hydrogen-bond donors (Lipinski definition) is 0. The van der Waals surface area contributed by atoms with Gasteiger partial charge in [0, 0.05) is 29.7 Å². The second-order valence-corrected chi connectivity index (χ2v) is 6.47. The van der Waals surface area contributed by atoms with Crippen LogP contribution in [0.15, 0.2) is 24.3 Å². The first-order chi connectivity index (χ1) is 9.62. The van der Waals surface area contributed by atoms with Gasteiger partial charge in [-0.25, -0.2) is 0 Å². The zero-order valence-corrected chi connectivity index (χ0v) is 11.6. The fourth-order valence-electron chi connectivity index (χ4n) is 4.96. The van der Waals surface area contributed by atoms with Crippen molar-refractivity contribution in [2.75, 3.05) is 0 Å².